The molecular formula is C11H20N2O5. The molecule has 0 fully saturated rings. The van der Waals surface area contributed by atoms with Crippen molar-refractivity contribution >= 4 is 18.0 Å². The van der Waals surface area contributed by atoms with Crippen LogP contribution in [0.25, 0.3) is 0 Å². The van der Waals surface area contributed by atoms with Crippen molar-refractivity contribution in [3.63, 3.8) is 0 Å². The van der Waals surface area contributed by atoms with Gasteiger partial charge in [0, 0.05) is 0 Å². The maximum Gasteiger partial charge on any atom is 0.326 e. The fourth-order valence-corrected chi connectivity index (χ4v) is 1.27. The quantitative estimate of drug-likeness (QED) is 0.573. The summed E-state index contributed by atoms with van der Waals surface area (Å²) in [7, 11) is 0. The molecule has 0 heterocycles. The second-order valence-corrected chi connectivity index (χ2v) is 4.15. The summed E-state index contributed by atoms with van der Waals surface area (Å²) in [6.07, 6.45) is 0.322. The van der Waals surface area contributed by atoms with Crippen LogP contribution >= 0.6 is 0 Å². The van der Waals surface area contributed by atoms with E-state index in [0.717, 1.165) is 0 Å². The zero-order chi connectivity index (χ0) is 14.1. The highest BCUT2D eigenvalue weighted by Crippen LogP contribution is 2.04. The van der Waals surface area contributed by atoms with Crippen molar-refractivity contribution < 1.29 is 24.2 Å². The van der Waals surface area contributed by atoms with Crippen LogP contribution in [-0.4, -0.2) is 42.3 Å². The SMILES string of the molecule is CCOC(=O)CNC(=O)N[C@H](CC(C)C)C(=O)O. The highest BCUT2D eigenvalue weighted by molar-refractivity contribution is 5.85. The molecule has 0 rings (SSSR count). The van der Waals surface area contributed by atoms with Crippen molar-refractivity contribution in [2.24, 2.45) is 5.92 Å². The number of aliphatic carboxylic acids is 1. The van der Waals surface area contributed by atoms with Gasteiger partial charge in [-0.25, -0.2) is 9.59 Å². The number of esters is 1. The van der Waals surface area contributed by atoms with Crippen molar-refractivity contribution in [1.29, 1.82) is 0 Å². The predicted octanol–water partition coefficient (Wildman–Crippen LogP) is 0.348. The Labute approximate surface area is 106 Å². The molecule has 18 heavy (non-hydrogen) atoms. The first-order chi connectivity index (χ1) is 8.36. The van der Waals surface area contributed by atoms with Crippen LogP contribution in [-0.2, 0) is 14.3 Å². The average molecular weight is 260 g/mol. The third-order valence-electron chi connectivity index (χ3n) is 2.01. The number of carbonyl (C=O) groups is 3. The van der Waals surface area contributed by atoms with E-state index in [0.29, 0.717) is 6.42 Å². The van der Waals surface area contributed by atoms with Crippen molar-refractivity contribution in [2.45, 2.75) is 33.2 Å². The van der Waals surface area contributed by atoms with E-state index in [1.54, 1.807) is 6.92 Å². The topological polar surface area (TPSA) is 105 Å². The third kappa shape index (κ3) is 7.48. The van der Waals surface area contributed by atoms with E-state index in [4.69, 9.17) is 5.11 Å². The van der Waals surface area contributed by atoms with Crippen molar-refractivity contribution in [3.8, 4) is 0 Å². The van der Waals surface area contributed by atoms with Gasteiger partial charge >= 0.3 is 18.0 Å². The number of rotatable bonds is 7. The molecule has 0 aromatic rings. The summed E-state index contributed by atoms with van der Waals surface area (Å²) in [6, 6.07) is -1.66. The first-order valence-electron chi connectivity index (χ1n) is 5.79. The van der Waals surface area contributed by atoms with Crippen LogP contribution in [0.15, 0.2) is 0 Å². The Kier molecular flexibility index (Phi) is 7.50. The minimum Gasteiger partial charge on any atom is -0.480 e. The lowest BCUT2D eigenvalue weighted by atomic mass is 10.0. The largest absolute Gasteiger partial charge is 0.480 e. The summed E-state index contributed by atoms with van der Waals surface area (Å²) in [6.45, 7) is 5.31. The summed E-state index contributed by atoms with van der Waals surface area (Å²) in [4.78, 5) is 33.2. The zero-order valence-corrected chi connectivity index (χ0v) is 10.9. The van der Waals surface area contributed by atoms with E-state index < -0.39 is 24.0 Å². The fourth-order valence-electron chi connectivity index (χ4n) is 1.27. The monoisotopic (exact) mass is 260 g/mol. The summed E-state index contributed by atoms with van der Waals surface area (Å²) in [5, 5.41) is 13.4. The van der Waals surface area contributed by atoms with Crippen molar-refractivity contribution in [1.82, 2.24) is 10.6 Å². The van der Waals surface area contributed by atoms with Crippen LogP contribution in [0, 0.1) is 5.92 Å². The number of amides is 2. The van der Waals surface area contributed by atoms with Crippen LogP contribution in [0.2, 0.25) is 0 Å². The number of hydrogen-bond acceptors (Lipinski definition) is 4. The molecule has 7 nitrogen and oxygen atoms in total. The second-order valence-electron chi connectivity index (χ2n) is 4.15. The van der Waals surface area contributed by atoms with Gasteiger partial charge in [-0.15, -0.1) is 0 Å². The van der Waals surface area contributed by atoms with Crippen LogP contribution in [0.1, 0.15) is 27.2 Å². The van der Waals surface area contributed by atoms with Gasteiger partial charge in [0.05, 0.1) is 6.61 Å². The van der Waals surface area contributed by atoms with E-state index in [1.165, 1.54) is 0 Å². The lowest BCUT2D eigenvalue weighted by molar-refractivity contribution is -0.141. The molecule has 0 saturated carbocycles. The van der Waals surface area contributed by atoms with E-state index in [1.807, 2.05) is 13.8 Å². The van der Waals surface area contributed by atoms with Gasteiger partial charge in [-0.1, -0.05) is 13.8 Å². The second kappa shape index (κ2) is 8.32. The first kappa shape index (κ1) is 16.2. The molecule has 0 aromatic carbocycles. The molecule has 0 unspecified atom stereocenters. The molecule has 0 aromatic heterocycles. The van der Waals surface area contributed by atoms with Gasteiger partial charge in [0.25, 0.3) is 0 Å². The van der Waals surface area contributed by atoms with E-state index in [2.05, 4.69) is 15.4 Å². The smallest absolute Gasteiger partial charge is 0.326 e. The molecule has 0 bridgehead atoms. The molecule has 2 amide bonds. The standard InChI is InChI=1S/C11H20N2O5/c1-4-18-9(14)6-12-11(17)13-8(10(15)16)5-7(2)3/h7-8H,4-6H2,1-3H3,(H,15,16)(H2,12,13,17)/t8-/m1/s1. The number of carbonyl (C=O) groups excluding carboxylic acids is 2. The van der Waals surface area contributed by atoms with Gasteiger partial charge in [-0.2, -0.15) is 0 Å². The van der Waals surface area contributed by atoms with E-state index in [-0.39, 0.29) is 19.1 Å². The normalized spacial score (nSPS) is 11.8. The molecule has 0 aliphatic heterocycles. The van der Waals surface area contributed by atoms with Gasteiger partial charge in [-0.05, 0) is 19.3 Å². The number of urea groups is 1. The number of nitrogens with one attached hydrogen (secondary N) is 2. The van der Waals surface area contributed by atoms with Crippen LogP contribution in [0.5, 0.6) is 0 Å². The number of carboxylic acid groups (broad SMARTS) is 1. The molecule has 0 radical (unpaired) electrons. The maximum absolute atomic E-state index is 11.4. The van der Waals surface area contributed by atoms with Gasteiger partial charge in [0.15, 0.2) is 0 Å². The van der Waals surface area contributed by atoms with Crippen molar-refractivity contribution in [3.05, 3.63) is 0 Å². The molecule has 0 aliphatic carbocycles. The van der Waals surface area contributed by atoms with Crippen LogP contribution < -0.4 is 10.6 Å². The summed E-state index contributed by atoms with van der Waals surface area (Å²) in [5.74, 6) is -1.53. The Balaban J connectivity index is 4.10. The highest BCUT2D eigenvalue weighted by atomic mass is 16.5. The van der Waals surface area contributed by atoms with Gasteiger partial charge in [-0.3, -0.25) is 4.79 Å². The van der Waals surface area contributed by atoms with Crippen LogP contribution in [0.4, 0.5) is 4.79 Å². The van der Waals surface area contributed by atoms with Crippen molar-refractivity contribution in [2.75, 3.05) is 13.2 Å². The van der Waals surface area contributed by atoms with Gasteiger partial charge < -0.3 is 20.5 Å². The fraction of sp³-hybridized carbons (Fsp3) is 0.727. The Bertz CT molecular complexity index is 304. The Morgan fingerprint density at radius 2 is 1.89 bits per heavy atom. The van der Waals surface area contributed by atoms with Crippen LogP contribution in [0.3, 0.4) is 0 Å². The van der Waals surface area contributed by atoms with Gasteiger partial charge in [0.2, 0.25) is 0 Å². The minimum atomic E-state index is -1.10. The molecule has 1 atom stereocenters. The molecule has 0 spiro atoms. The highest BCUT2D eigenvalue weighted by Gasteiger charge is 2.21. The molecular weight excluding hydrogens is 240 g/mol. The minimum absolute atomic E-state index is 0.136. The molecule has 7 heteroatoms. The zero-order valence-electron chi connectivity index (χ0n) is 10.9. The maximum atomic E-state index is 11.4. The molecule has 0 aliphatic rings. The number of ether oxygens (including phenoxy) is 1. The Morgan fingerprint density at radius 1 is 1.28 bits per heavy atom. The summed E-state index contributed by atoms with van der Waals surface area (Å²) in [5.41, 5.74) is 0. The van der Waals surface area contributed by atoms with E-state index >= 15 is 0 Å². The predicted molar refractivity (Wildman–Crippen MR) is 64.0 cm³/mol. The average Bonchev–Trinajstić information content (AvgIpc) is 2.25. The summed E-state index contributed by atoms with van der Waals surface area (Å²) >= 11 is 0. The lowest BCUT2D eigenvalue weighted by Gasteiger charge is -2.16. The first-order valence-corrected chi connectivity index (χ1v) is 5.79. The van der Waals surface area contributed by atoms with E-state index in [9.17, 15) is 14.4 Å². The molecule has 3 N–H and O–H groups in total. The molecule has 104 valence electrons. The number of carboxylic acids is 1. The number of hydrogen-bond donors (Lipinski definition) is 3. The molecule has 0 saturated heterocycles. The Morgan fingerprint density at radius 3 is 2.33 bits per heavy atom. The Hall–Kier alpha value is -1.79. The van der Waals surface area contributed by atoms with Gasteiger partial charge in [0.1, 0.15) is 12.6 Å². The lowest BCUT2D eigenvalue weighted by Crippen LogP contribution is -2.47. The summed E-state index contributed by atoms with van der Waals surface area (Å²) < 4.78 is 4.61. The third-order valence-corrected chi connectivity index (χ3v) is 2.01.